The fourth-order valence-corrected chi connectivity index (χ4v) is 1.56. The molecule has 1 aromatic rings. The van der Waals surface area contributed by atoms with Gasteiger partial charge in [0, 0.05) is 25.0 Å². The molecular weight excluding hydrogens is 188 g/mol. The Hall–Kier alpha value is -1.13. The van der Waals surface area contributed by atoms with E-state index in [1.165, 1.54) is 0 Å². The SMILES string of the molecule is CC(CCN)C(CN)Nc1cccnc1. The molecule has 0 aromatic carbocycles. The average Bonchev–Trinajstić information content (AvgIpc) is 2.27. The minimum Gasteiger partial charge on any atom is -0.380 e. The number of nitrogens with one attached hydrogen (secondary N) is 1. The minimum absolute atomic E-state index is 0.262. The Morgan fingerprint density at radius 2 is 2.27 bits per heavy atom. The first-order chi connectivity index (χ1) is 7.27. The second-order valence-electron chi connectivity index (χ2n) is 3.78. The molecule has 4 heteroatoms. The molecule has 0 saturated carbocycles. The quantitative estimate of drug-likeness (QED) is 0.646. The zero-order valence-corrected chi connectivity index (χ0v) is 9.19. The Bertz CT molecular complexity index is 263. The summed E-state index contributed by atoms with van der Waals surface area (Å²) in [6, 6.07) is 4.16. The lowest BCUT2D eigenvalue weighted by Crippen LogP contribution is -2.36. The standard InChI is InChI=1S/C11H20N4/c1-9(4-5-12)11(7-13)15-10-3-2-6-14-8-10/h2-3,6,8-9,11,15H,4-5,7,12-13H2,1H3. The predicted molar refractivity (Wildman–Crippen MR) is 63.5 cm³/mol. The molecule has 0 amide bonds. The summed E-state index contributed by atoms with van der Waals surface area (Å²) in [6.45, 7) is 3.47. The van der Waals surface area contributed by atoms with Gasteiger partial charge in [-0.1, -0.05) is 6.92 Å². The molecule has 0 aliphatic heterocycles. The Morgan fingerprint density at radius 3 is 2.80 bits per heavy atom. The van der Waals surface area contributed by atoms with E-state index in [4.69, 9.17) is 11.5 Å². The van der Waals surface area contributed by atoms with Gasteiger partial charge in [-0.05, 0) is 31.0 Å². The molecule has 1 heterocycles. The summed E-state index contributed by atoms with van der Waals surface area (Å²) in [6.07, 6.45) is 4.54. The van der Waals surface area contributed by atoms with E-state index in [0.29, 0.717) is 19.0 Å². The van der Waals surface area contributed by atoms with Crippen LogP contribution in [-0.2, 0) is 0 Å². The summed E-state index contributed by atoms with van der Waals surface area (Å²) in [7, 11) is 0. The highest BCUT2D eigenvalue weighted by Crippen LogP contribution is 2.12. The third kappa shape index (κ3) is 3.85. The van der Waals surface area contributed by atoms with E-state index in [1.54, 1.807) is 12.4 Å². The minimum atomic E-state index is 0.262. The van der Waals surface area contributed by atoms with Gasteiger partial charge in [-0.25, -0.2) is 0 Å². The zero-order valence-electron chi connectivity index (χ0n) is 9.19. The molecular formula is C11H20N4. The van der Waals surface area contributed by atoms with Gasteiger partial charge in [0.15, 0.2) is 0 Å². The lowest BCUT2D eigenvalue weighted by molar-refractivity contribution is 0.461. The molecule has 0 aliphatic carbocycles. The molecule has 0 radical (unpaired) electrons. The maximum absolute atomic E-state index is 5.73. The molecule has 0 bridgehead atoms. The van der Waals surface area contributed by atoms with Crippen LogP contribution in [0.4, 0.5) is 5.69 Å². The van der Waals surface area contributed by atoms with Crippen LogP contribution in [0.1, 0.15) is 13.3 Å². The second-order valence-corrected chi connectivity index (χ2v) is 3.78. The smallest absolute Gasteiger partial charge is 0.0529 e. The van der Waals surface area contributed by atoms with Crippen LogP contribution >= 0.6 is 0 Å². The van der Waals surface area contributed by atoms with E-state index in [0.717, 1.165) is 12.1 Å². The van der Waals surface area contributed by atoms with Gasteiger partial charge in [-0.2, -0.15) is 0 Å². The molecule has 2 atom stereocenters. The third-order valence-electron chi connectivity index (χ3n) is 2.58. The number of hydrogen-bond donors (Lipinski definition) is 3. The second kappa shape index (κ2) is 6.37. The van der Waals surface area contributed by atoms with Crippen molar-refractivity contribution in [2.75, 3.05) is 18.4 Å². The summed E-state index contributed by atoms with van der Waals surface area (Å²) >= 11 is 0. The van der Waals surface area contributed by atoms with Gasteiger partial charge >= 0.3 is 0 Å². The molecule has 2 unspecified atom stereocenters. The summed E-state index contributed by atoms with van der Waals surface area (Å²) in [5.41, 5.74) is 12.3. The molecule has 4 nitrogen and oxygen atoms in total. The van der Waals surface area contributed by atoms with E-state index >= 15 is 0 Å². The van der Waals surface area contributed by atoms with E-state index in [2.05, 4.69) is 17.2 Å². The van der Waals surface area contributed by atoms with Crippen LogP contribution in [0, 0.1) is 5.92 Å². The summed E-state index contributed by atoms with van der Waals surface area (Å²) in [4.78, 5) is 4.05. The van der Waals surface area contributed by atoms with Crippen molar-refractivity contribution in [1.29, 1.82) is 0 Å². The van der Waals surface area contributed by atoms with Crippen molar-refractivity contribution >= 4 is 5.69 Å². The summed E-state index contributed by atoms with van der Waals surface area (Å²) < 4.78 is 0. The topological polar surface area (TPSA) is 77.0 Å². The average molecular weight is 208 g/mol. The van der Waals surface area contributed by atoms with E-state index in [1.807, 2.05) is 12.1 Å². The fraction of sp³-hybridized carbons (Fsp3) is 0.545. The van der Waals surface area contributed by atoms with Crippen molar-refractivity contribution in [2.24, 2.45) is 17.4 Å². The maximum atomic E-state index is 5.73. The van der Waals surface area contributed by atoms with Crippen LogP contribution in [0.15, 0.2) is 24.5 Å². The molecule has 0 aliphatic rings. The van der Waals surface area contributed by atoms with Crippen LogP contribution < -0.4 is 16.8 Å². The number of rotatable bonds is 6. The third-order valence-corrected chi connectivity index (χ3v) is 2.58. The van der Waals surface area contributed by atoms with E-state index < -0.39 is 0 Å². The Balaban J connectivity index is 2.53. The number of nitrogens with zero attached hydrogens (tertiary/aromatic N) is 1. The Morgan fingerprint density at radius 1 is 1.47 bits per heavy atom. The number of aromatic nitrogens is 1. The van der Waals surface area contributed by atoms with Gasteiger partial charge in [0.25, 0.3) is 0 Å². The van der Waals surface area contributed by atoms with E-state index in [-0.39, 0.29) is 6.04 Å². The maximum Gasteiger partial charge on any atom is 0.0529 e. The molecule has 0 fully saturated rings. The van der Waals surface area contributed by atoms with Crippen LogP contribution in [0.25, 0.3) is 0 Å². The largest absolute Gasteiger partial charge is 0.380 e. The molecule has 15 heavy (non-hydrogen) atoms. The Kier molecular flexibility index (Phi) is 5.07. The lowest BCUT2D eigenvalue weighted by atomic mass is 9.98. The monoisotopic (exact) mass is 208 g/mol. The normalized spacial score (nSPS) is 14.6. The van der Waals surface area contributed by atoms with Gasteiger partial charge in [0.2, 0.25) is 0 Å². The first kappa shape index (κ1) is 11.9. The van der Waals surface area contributed by atoms with Crippen LogP contribution in [-0.4, -0.2) is 24.1 Å². The van der Waals surface area contributed by atoms with Gasteiger partial charge in [-0.3, -0.25) is 4.98 Å². The van der Waals surface area contributed by atoms with Gasteiger partial charge in [0.05, 0.1) is 5.69 Å². The summed E-state index contributed by atoms with van der Waals surface area (Å²) in [5, 5.41) is 3.37. The highest BCUT2D eigenvalue weighted by Gasteiger charge is 2.14. The first-order valence-electron chi connectivity index (χ1n) is 5.34. The van der Waals surface area contributed by atoms with Crippen LogP contribution in [0.2, 0.25) is 0 Å². The number of anilines is 1. The van der Waals surface area contributed by atoms with Gasteiger partial charge in [-0.15, -0.1) is 0 Å². The first-order valence-corrected chi connectivity index (χ1v) is 5.34. The van der Waals surface area contributed by atoms with Crippen LogP contribution in [0.3, 0.4) is 0 Å². The van der Waals surface area contributed by atoms with Crippen molar-refractivity contribution < 1.29 is 0 Å². The number of pyridine rings is 1. The van der Waals surface area contributed by atoms with Crippen molar-refractivity contribution in [3.63, 3.8) is 0 Å². The number of hydrogen-bond acceptors (Lipinski definition) is 4. The zero-order chi connectivity index (χ0) is 11.1. The van der Waals surface area contributed by atoms with Crippen molar-refractivity contribution in [3.05, 3.63) is 24.5 Å². The van der Waals surface area contributed by atoms with Gasteiger partial charge < -0.3 is 16.8 Å². The highest BCUT2D eigenvalue weighted by atomic mass is 15.0. The molecule has 1 aromatic heterocycles. The molecule has 84 valence electrons. The van der Waals surface area contributed by atoms with Crippen molar-refractivity contribution in [1.82, 2.24) is 4.98 Å². The highest BCUT2D eigenvalue weighted by molar-refractivity contribution is 5.40. The molecule has 1 rings (SSSR count). The Labute approximate surface area is 91.1 Å². The fourth-order valence-electron chi connectivity index (χ4n) is 1.56. The lowest BCUT2D eigenvalue weighted by Gasteiger charge is -2.24. The predicted octanol–water partition coefficient (Wildman–Crippen LogP) is 0.806. The van der Waals surface area contributed by atoms with Crippen molar-refractivity contribution in [2.45, 2.75) is 19.4 Å². The molecule has 5 N–H and O–H groups in total. The molecule has 0 saturated heterocycles. The van der Waals surface area contributed by atoms with Gasteiger partial charge in [0.1, 0.15) is 0 Å². The van der Waals surface area contributed by atoms with Crippen molar-refractivity contribution in [3.8, 4) is 0 Å². The van der Waals surface area contributed by atoms with Crippen LogP contribution in [0.5, 0.6) is 0 Å². The van der Waals surface area contributed by atoms with E-state index in [9.17, 15) is 0 Å². The summed E-state index contributed by atoms with van der Waals surface area (Å²) in [5.74, 6) is 0.472. The number of nitrogens with two attached hydrogens (primary N) is 2. The molecule has 0 spiro atoms.